The Kier molecular flexibility index (Phi) is 6.75. The molecule has 0 atom stereocenters. The van der Waals surface area contributed by atoms with E-state index in [1.807, 2.05) is 13.8 Å². The number of aliphatic imine (C=N–C) groups is 1. The Hall–Kier alpha value is -1.92. The molecule has 24 heavy (non-hydrogen) atoms. The summed E-state index contributed by atoms with van der Waals surface area (Å²) >= 11 is 12.0. The van der Waals surface area contributed by atoms with E-state index in [-0.39, 0.29) is 0 Å². The molecular formula is C16H20Cl2N4O2. The molecule has 0 amide bonds. The average molecular weight is 371 g/mol. The summed E-state index contributed by atoms with van der Waals surface area (Å²) in [5.41, 5.74) is 0.890. The van der Waals surface area contributed by atoms with Gasteiger partial charge in [0.15, 0.2) is 5.96 Å². The zero-order valence-corrected chi connectivity index (χ0v) is 15.3. The van der Waals surface area contributed by atoms with Gasteiger partial charge in [-0.2, -0.15) is 0 Å². The molecule has 1 heterocycles. The van der Waals surface area contributed by atoms with E-state index in [0.29, 0.717) is 47.3 Å². The molecule has 2 aromatic rings. The van der Waals surface area contributed by atoms with Gasteiger partial charge in [0.1, 0.15) is 23.1 Å². The quantitative estimate of drug-likeness (QED) is 0.463. The minimum absolute atomic E-state index is 0.413. The van der Waals surface area contributed by atoms with Gasteiger partial charge in [-0.1, -0.05) is 29.3 Å². The zero-order valence-electron chi connectivity index (χ0n) is 13.8. The highest BCUT2D eigenvalue weighted by molar-refractivity contribution is 6.42. The first kappa shape index (κ1) is 18.4. The fourth-order valence-electron chi connectivity index (χ4n) is 1.92. The van der Waals surface area contributed by atoms with Crippen LogP contribution in [0.15, 0.2) is 27.6 Å². The SMILES string of the molecule is CN=C(NCCOc1cccc(Cl)c1Cl)NCc1nc(C)c(C)o1. The van der Waals surface area contributed by atoms with Crippen LogP contribution in [-0.2, 0) is 6.54 Å². The van der Waals surface area contributed by atoms with Crippen molar-refractivity contribution >= 4 is 29.2 Å². The summed E-state index contributed by atoms with van der Waals surface area (Å²) in [5, 5.41) is 7.14. The molecule has 2 rings (SSSR count). The predicted molar refractivity (Wildman–Crippen MR) is 96.1 cm³/mol. The van der Waals surface area contributed by atoms with E-state index < -0.39 is 0 Å². The molecule has 0 aliphatic heterocycles. The number of nitrogens with one attached hydrogen (secondary N) is 2. The third-order valence-electron chi connectivity index (χ3n) is 3.27. The summed E-state index contributed by atoms with van der Waals surface area (Å²) in [6.07, 6.45) is 0. The molecule has 0 radical (unpaired) electrons. The summed E-state index contributed by atoms with van der Waals surface area (Å²) < 4.78 is 11.1. The summed E-state index contributed by atoms with van der Waals surface area (Å²) in [6, 6.07) is 5.28. The number of oxazole rings is 1. The van der Waals surface area contributed by atoms with E-state index in [9.17, 15) is 0 Å². The molecule has 0 unspecified atom stereocenters. The van der Waals surface area contributed by atoms with Crippen LogP contribution in [0.1, 0.15) is 17.3 Å². The Morgan fingerprint density at radius 2 is 2.08 bits per heavy atom. The molecule has 0 aliphatic rings. The molecule has 2 N–H and O–H groups in total. The Morgan fingerprint density at radius 3 is 2.75 bits per heavy atom. The van der Waals surface area contributed by atoms with Crippen molar-refractivity contribution in [3.63, 3.8) is 0 Å². The third kappa shape index (κ3) is 5.04. The van der Waals surface area contributed by atoms with Crippen molar-refractivity contribution in [3.05, 3.63) is 45.6 Å². The number of aryl methyl sites for hydroxylation is 2. The van der Waals surface area contributed by atoms with Crippen LogP contribution >= 0.6 is 23.2 Å². The van der Waals surface area contributed by atoms with Crippen molar-refractivity contribution in [2.75, 3.05) is 20.2 Å². The number of nitrogens with zero attached hydrogens (tertiary/aromatic N) is 2. The van der Waals surface area contributed by atoms with Crippen LogP contribution < -0.4 is 15.4 Å². The van der Waals surface area contributed by atoms with Gasteiger partial charge in [-0.25, -0.2) is 4.98 Å². The molecule has 0 saturated carbocycles. The van der Waals surface area contributed by atoms with Gasteiger partial charge in [0.05, 0.1) is 23.8 Å². The number of hydrogen-bond donors (Lipinski definition) is 2. The van der Waals surface area contributed by atoms with E-state index in [2.05, 4.69) is 20.6 Å². The van der Waals surface area contributed by atoms with Gasteiger partial charge in [-0.05, 0) is 26.0 Å². The van der Waals surface area contributed by atoms with Crippen molar-refractivity contribution < 1.29 is 9.15 Å². The largest absolute Gasteiger partial charge is 0.490 e. The van der Waals surface area contributed by atoms with E-state index in [4.69, 9.17) is 32.4 Å². The second-order valence-corrected chi connectivity index (χ2v) is 5.79. The lowest BCUT2D eigenvalue weighted by molar-refractivity contribution is 0.322. The Balaban J connectivity index is 1.74. The lowest BCUT2D eigenvalue weighted by Crippen LogP contribution is -2.38. The molecule has 1 aromatic heterocycles. The highest BCUT2D eigenvalue weighted by Crippen LogP contribution is 2.31. The summed E-state index contributed by atoms with van der Waals surface area (Å²) in [6.45, 7) is 5.21. The van der Waals surface area contributed by atoms with Gasteiger partial charge in [-0.15, -0.1) is 0 Å². The third-order valence-corrected chi connectivity index (χ3v) is 4.07. The van der Waals surface area contributed by atoms with E-state index in [1.165, 1.54) is 0 Å². The topological polar surface area (TPSA) is 71.7 Å². The van der Waals surface area contributed by atoms with Crippen molar-refractivity contribution in [3.8, 4) is 5.75 Å². The van der Waals surface area contributed by atoms with E-state index >= 15 is 0 Å². The van der Waals surface area contributed by atoms with Crippen LogP contribution in [0.3, 0.4) is 0 Å². The molecule has 1 aromatic carbocycles. The molecule has 6 nitrogen and oxygen atoms in total. The Morgan fingerprint density at radius 1 is 1.29 bits per heavy atom. The summed E-state index contributed by atoms with van der Waals surface area (Å²) in [4.78, 5) is 8.44. The molecule has 130 valence electrons. The minimum atomic E-state index is 0.413. The number of benzene rings is 1. The average Bonchev–Trinajstić information content (AvgIpc) is 2.89. The van der Waals surface area contributed by atoms with Crippen LogP contribution in [0, 0.1) is 13.8 Å². The van der Waals surface area contributed by atoms with Crippen molar-refractivity contribution in [2.45, 2.75) is 20.4 Å². The van der Waals surface area contributed by atoms with Gasteiger partial charge in [-0.3, -0.25) is 4.99 Å². The maximum Gasteiger partial charge on any atom is 0.214 e. The first-order valence-electron chi connectivity index (χ1n) is 7.45. The summed E-state index contributed by atoms with van der Waals surface area (Å²) in [7, 11) is 1.69. The predicted octanol–water partition coefficient (Wildman–Crippen LogP) is 3.34. The summed E-state index contributed by atoms with van der Waals surface area (Å²) in [5.74, 6) is 2.63. The molecule has 0 spiro atoms. The van der Waals surface area contributed by atoms with Gasteiger partial charge in [0.2, 0.25) is 5.89 Å². The highest BCUT2D eigenvalue weighted by atomic mass is 35.5. The van der Waals surface area contributed by atoms with Gasteiger partial charge >= 0.3 is 0 Å². The number of halogens is 2. The van der Waals surface area contributed by atoms with Crippen molar-refractivity contribution in [1.29, 1.82) is 0 Å². The second kappa shape index (κ2) is 8.80. The number of hydrogen-bond acceptors (Lipinski definition) is 4. The number of aromatic nitrogens is 1. The fourth-order valence-corrected chi connectivity index (χ4v) is 2.27. The smallest absolute Gasteiger partial charge is 0.214 e. The molecule has 0 aliphatic carbocycles. The molecular weight excluding hydrogens is 351 g/mol. The Bertz CT molecular complexity index is 697. The minimum Gasteiger partial charge on any atom is -0.490 e. The number of guanidine groups is 1. The van der Waals surface area contributed by atoms with E-state index in [0.717, 1.165) is 11.5 Å². The fraction of sp³-hybridized carbons (Fsp3) is 0.375. The highest BCUT2D eigenvalue weighted by Gasteiger charge is 2.07. The van der Waals surface area contributed by atoms with Gasteiger partial charge < -0.3 is 19.8 Å². The maximum absolute atomic E-state index is 6.06. The first-order chi connectivity index (χ1) is 11.5. The number of ether oxygens (including phenoxy) is 1. The molecule has 0 fully saturated rings. The number of rotatable bonds is 6. The first-order valence-corrected chi connectivity index (χ1v) is 8.21. The van der Waals surface area contributed by atoms with Gasteiger partial charge in [0, 0.05) is 7.05 Å². The molecule has 0 bridgehead atoms. The Labute approximate surface area is 151 Å². The van der Waals surface area contributed by atoms with Crippen LogP contribution in [0.5, 0.6) is 5.75 Å². The van der Waals surface area contributed by atoms with Crippen LogP contribution in [0.25, 0.3) is 0 Å². The van der Waals surface area contributed by atoms with Crippen molar-refractivity contribution in [2.24, 2.45) is 4.99 Å². The second-order valence-electron chi connectivity index (χ2n) is 5.00. The van der Waals surface area contributed by atoms with Crippen LogP contribution in [0.2, 0.25) is 10.0 Å². The van der Waals surface area contributed by atoms with E-state index in [1.54, 1.807) is 25.2 Å². The zero-order chi connectivity index (χ0) is 17.5. The van der Waals surface area contributed by atoms with Crippen molar-refractivity contribution in [1.82, 2.24) is 15.6 Å². The van der Waals surface area contributed by atoms with Crippen LogP contribution in [-0.4, -0.2) is 31.1 Å². The lowest BCUT2D eigenvalue weighted by atomic mass is 10.3. The van der Waals surface area contributed by atoms with Crippen LogP contribution in [0.4, 0.5) is 0 Å². The monoisotopic (exact) mass is 370 g/mol. The molecule has 0 saturated heterocycles. The normalized spacial score (nSPS) is 11.5. The van der Waals surface area contributed by atoms with Gasteiger partial charge in [0.25, 0.3) is 0 Å². The standard InChI is InChI=1S/C16H20Cl2N4O2/c1-10-11(2)24-14(22-10)9-21-16(19-3)20-7-8-23-13-6-4-5-12(17)15(13)18/h4-6H,7-9H2,1-3H3,(H2,19,20,21). The molecule has 8 heteroatoms. The lowest BCUT2D eigenvalue weighted by Gasteiger charge is -2.12. The maximum atomic E-state index is 6.06.